The molecule has 0 aliphatic carbocycles. The van der Waals surface area contributed by atoms with Crippen LogP contribution in [0.3, 0.4) is 0 Å². The van der Waals surface area contributed by atoms with Crippen LogP contribution in [0.2, 0.25) is 0 Å². The Morgan fingerprint density at radius 3 is 2.84 bits per heavy atom. The molecule has 1 amide bonds. The number of carbonyl (C=O) groups is 1. The van der Waals surface area contributed by atoms with Gasteiger partial charge in [0.1, 0.15) is 0 Å². The van der Waals surface area contributed by atoms with Gasteiger partial charge in [-0.2, -0.15) is 5.10 Å². The number of aromatic nitrogens is 2. The molecular formula is C19H24N4O2. The summed E-state index contributed by atoms with van der Waals surface area (Å²) in [4.78, 5) is 11.0. The summed E-state index contributed by atoms with van der Waals surface area (Å²) in [5.74, 6) is -0.531. The van der Waals surface area contributed by atoms with Gasteiger partial charge in [0, 0.05) is 36.6 Å². The zero-order chi connectivity index (χ0) is 17.6. The summed E-state index contributed by atoms with van der Waals surface area (Å²) in [7, 11) is 0. The molecule has 1 aromatic carbocycles. The summed E-state index contributed by atoms with van der Waals surface area (Å²) < 4.78 is 2.05. The van der Waals surface area contributed by atoms with Crippen LogP contribution in [-0.4, -0.2) is 26.9 Å². The van der Waals surface area contributed by atoms with Crippen LogP contribution in [0, 0.1) is 6.92 Å². The van der Waals surface area contributed by atoms with Gasteiger partial charge in [0.25, 0.3) is 5.91 Å². The molecule has 3 rings (SSSR count). The number of hydroxylamine groups is 1. The van der Waals surface area contributed by atoms with Crippen molar-refractivity contribution in [2.75, 3.05) is 0 Å². The van der Waals surface area contributed by atoms with Crippen molar-refractivity contribution in [3.63, 3.8) is 0 Å². The van der Waals surface area contributed by atoms with Gasteiger partial charge in [0.05, 0.1) is 0 Å². The lowest BCUT2D eigenvalue weighted by Gasteiger charge is -2.15. The Balaban J connectivity index is 1.52. The number of carbonyl (C=O) groups excluding carboxylic acids is 1. The minimum atomic E-state index is -0.531. The van der Waals surface area contributed by atoms with Gasteiger partial charge in [-0.1, -0.05) is 24.3 Å². The first-order chi connectivity index (χ1) is 12.2. The van der Waals surface area contributed by atoms with Gasteiger partial charge < -0.3 is 5.32 Å². The topological polar surface area (TPSA) is 79.2 Å². The standard InChI is InChI=1S/C19H24N4O2/c1-14-10-12-20-23(14)13-11-17-7-8-18(21-17)16-5-2-15(3-6-16)4-9-19(24)22-25/h2-6,9-10,12,17-18,21,25H,7-8,11,13H2,1H3,(H,22,24)/b9-4+. The van der Waals surface area contributed by atoms with Gasteiger partial charge >= 0.3 is 0 Å². The zero-order valence-corrected chi connectivity index (χ0v) is 14.4. The van der Waals surface area contributed by atoms with Crippen molar-refractivity contribution in [3.8, 4) is 0 Å². The molecule has 0 radical (unpaired) electrons. The van der Waals surface area contributed by atoms with E-state index in [9.17, 15) is 4.79 Å². The third-order valence-corrected chi connectivity index (χ3v) is 4.74. The van der Waals surface area contributed by atoms with Gasteiger partial charge in [-0.3, -0.25) is 14.7 Å². The van der Waals surface area contributed by atoms with E-state index in [1.54, 1.807) is 11.6 Å². The number of benzene rings is 1. The number of nitrogens with zero attached hydrogens (tertiary/aromatic N) is 2. The molecule has 1 aromatic heterocycles. The molecule has 1 saturated heterocycles. The highest BCUT2D eigenvalue weighted by Crippen LogP contribution is 2.28. The molecule has 132 valence electrons. The minimum absolute atomic E-state index is 0.377. The van der Waals surface area contributed by atoms with Crippen molar-refractivity contribution in [1.29, 1.82) is 0 Å². The van der Waals surface area contributed by atoms with Crippen LogP contribution in [0.25, 0.3) is 6.08 Å². The molecule has 3 N–H and O–H groups in total. The average Bonchev–Trinajstić information content (AvgIpc) is 3.27. The van der Waals surface area contributed by atoms with Crippen molar-refractivity contribution in [1.82, 2.24) is 20.6 Å². The van der Waals surface area contributed by atoms with Crippen molar-refractivity contribution >= 4 is 12.0 Å². The fourth-order valence-corrected chi connectivity index (χ4v) is 3.27. The highest BCUT2D eigenvalue weighted by molar-refractivity contribution is 5.90. The zero-order valence-electron chi connectivity index (χ0n) is 14.4. The first kappa shape index (κ1) is 17.4. The van der Waals surface area contributed by atoms with Gasteiger partial charge in [0.15, 0.2) is 0 Å². The van der Waals surface area contributed by atoms with E-state index < -0.39 is 5.91 Å². The highest BCUT2D eigenvalue weighted by Gasteiger charge is 2.24. The Bertz CT molecular complexity index is 736. The summed E-state index contributed by atoms with van der Waals surface area (Å²) in [5, 5.41) is 16.5. The van der Waals surface area contributed by atoms with Crippen LogP contribution >= 0.6 is 0 Å². The molecule has 25 heavy (non-hydrogen) atoms. The SMILES string of the molecule is Cc1ccnn1CCC1CCC(c2ccc(/C=C/C(=O)NO)cc2)N1. The van der Waals surface area contributed by atoms with Crippen molar-refractivity contribution in [2.24, 2.45) is 0 Å². The maximum Gasteiger partial charge on any atom is 0.267 e. The fourth-order valence-electron chi connectivity index (χ4n) is 3.27. The van der Waals surface area contributed by atoms with Crippen LogP contribution in [-0.2, 0) is 11.3 Å². The molecular weight excluding hydrogens is 316 g/mol. The predicted molar refractivity (Wildman–Crippen MR) is 95.9 cm³/mol. The van der Waals surface area contributed by atoms with Crippen molar-refractivity contribution < 1.29 is 10.0 Å². The van der Waals surface area contributed by atoms with Crippen molar-refractivity contribution in [2.45, 2.75) is 44.8 Å². The van der Waals surface area contributed by atoms with E-state index in [4.69, 9.17) is 5.21 Å². The molecule has 2 aromatic rings. The minimum Gasteiger partial charge on any atom is -0.307 e. The second-order valence-electron chi connectivity index (χ2n) is 6.45. The first-order valence-electron chi connectivity index (χ1n) is 8.62. The molecule has 2 unspecified atom stereocenters. The first-order valence-corrected chi connectivity index (χ1v) is 8.62. The molecule has 2 atom stereocenters. The smallest absolute Gasteiger partial charge is 0.267 e. The predicted octanol–water partition coefficient (Wildman–Crippen LogP) is 2.59. The average molecular weight is 340 g/mol. The lowest BCUT2D eigenvalue weighted by molar-refractivity contribution is -0.124. The Hall–Kier alpha value is -2.44. The molecule has 1 aliphatic rings. The lowest BCUT2D eigenvalue weighted by Crippen LogP contribution is -2.25. The van der Waals surface area contributed by atoms with Gasteiger partial charge in [-0.25, -0.2) is 5.48 Å². The quantitative estimate of drug-likeness (QED) is 0.429. The molecule has 2 heterocycles. The van der Waals surface area contributed by atoms with E-state index in [-0.39, 0.29) is 0 Å². The normalized spacial score (nSPS) is 20.2. The van der Waals surface area contributed by atoms with Gasteiger partial charge in [-0.05, 0) is 49.5 Å². The Morgan fingerprint density at radius 1 is 1.36 bits per heavy atom. The van der Waals surface area contributed by atoms with Crippen LogP contribution in [0.1, 0.15) is 42.1 Å². The van der Waals surface area contributed by atoms with Gasteiger partial charge in [0.2, 0.25) is 0 Å². The van der Waals surface area contributed by atoms with Crippen molar-refractivity contribution in [3.05, 3.63) is 59.4 Å². The fraction of sp³-hybridized carbons (Fsp3) is 0.368. The summed E-state index contributed by atoms with van der Waals surface area (Å²) >= 11 is 0. The Labute approximate surface area is 147 Å². The number of hydrogen-bond acceptors (Lipinski definition) is 4. The third-order valence-electron chi connectivity index (χ3n) is 4.74. The molecule has 0 saturated carbocycles. The molecule has 0 bridgehead atoms. The third kappa shape index (κ3) is 4.55. The second kappa shape index (κ2) is 8.09. The highest BCUT2D eigenvalue weighted by atomic mass is 16.5. The Kier molecular flexibility index (Phi) is 5.63. The summed E-state index contributed by atoms with van der Waals surface area (Å²) in [6, 6.07) is 11.1. The van der Waals surface area contributed by atoms with Crippen LogP contribution in [0.5, 0.6) is 0 Å². The van der Waals surface area contributed by atoms with E-state index in [0.29, 0.717) is 12.1 Å². The van der Waals surface area contributed by atoms with E-state index >= 15 is 0 Å². The summed E-state index contributed by atoms with van der Waals surface area (Å²) in [6.07, 6.45) is 8.20. The number of aryl methyl sites for hydroxylation is 2. The number of rotatable bonds is 6. The lowest BCUT2D eigenvalue weighted by atomic mass is 10.0. The number of amides is 1. The molecule has 6 nitrogen and oxygen atoms in total. The number of nitrogens with one attached hydrogen (secondary N) is 2. The molecule has 1 aliphatic heterocycles. The van der Waals surface area contributed by atoms with Crippen LogP contribution < -0.4 is 10.8 Å². The maximum absolute atomic E-state index is 11.0. The molecule has 0 spiro atoms. The van der Waals surface area contributed by atoms with E-state index in [2.05, 4.69) is 34.2 Å². The van der Waals surface area contributed by atoms with E-state index in [1.165, 1.54) is 23.8 Å². The summed E-state index contributed by atoms with van der Waals surface area (Å²) in [5.41, 5.74) is 4.97. The second-order valence-corrected chi connectivity index (χ2v) is 6.45. The summed E-state index contributed by atoms with van der Waals surface area (Å²) in [6.45, 7) is 3.03. The molecule has 1 fully saturated rings. The largest absolute Gasteiger partial charge is 0.307 e. The molecule has 6 heteroatoms. The van der Waals surface area contributed by atoms with E-state index in [1.807, 2.05) is 24.4 Å². The van der Waals surface area contributed by atoms with Crippen LogP contribution in [0.15, 0.2) is 42.6 Å². The maximum atomic E-state index is 11.0. The van der Waals surface area contributed by atoms with Crippen LogP contribution in [0.4, 0.5) is 0 Å². The van der Waals surface area contributed by atoms with E-state index in [0.717, 1.165) is 24.9 Å². The van der Waals surface area contributed by atoms with Gasteiger partial charge in [-0.15, -0.1) is 0 Å². The Morgan fingerprint density at radius 2 is 2.16 bits per heavy atom. The monoisotopic (exact) mass is 340 g/mol. The number of hydrogen-bond donors (Lipinski definition) is 3.